The summed E-state index contributed by atoms with van der Waals surface area (Å²) in [5.74, 6) is -0.190. The molecule has 6 heteroatoms. The fourth-order valence-corrected chi connectivity index (χ4v) is 2.56. The first-order valence-corrected chi connectivity index (χ1v) is 7.55. The van der Waals surface area contributed by atoms with E-state index in [0.29, 0.717) is 6.42 Å². The van der Waals surface area contributed by atoms with Gasteiger partial charge in [0.1, 0.15) is 6.29 Å². The molecule has 0 atom stereocenters. The van der Waals surface area contributed by atoms with Gasteiger partial charge in [0.25, 0.3) is 0 Å². The van der Waals surface area contributed by atoms with E-state index in [4.69, 9.17) is 5.73 Å². The maximum absolute atomic E-state index is 11.1. The molecule has 1 fully saturated rings. The first-order chi connectivity index (χ1) is 9.89. The molecule has 0 spiro atoms. The van der Waals surface area contributed by atoms with Crippen molar-refractivity contribution >= 4 is 18.1 Å². The van der Waals surface area contributed by atoms with Crippen LogP contribution >= 0.6 is 0 Å². The Balaban J connectivity index is 0.000000567. The van der Waals surface area contributed by atoms with Crippen LogP contribution in [0.3, 0.4) is 0 Å². The van der Waals surface area contributed by atoms with E-state index >= 15 is 0 Å². The molecule has 2 amide bonds. The van der Waals surface area contributed by atoms with Crippen LogP contribution in [0.15, 0.2) is 0 Å². The third-order valence-electron chi connectivity index (χ3n) is 3.66. The van der Waals surface area contributed by atoms with Crippen LogP contribution in [-0.4, -0.2) is 37.7 Å². The van der Waals surface area contributed by atoms with E-state index in [1.165, 1.54) is 6.92 Å². The summed E-state index contributed by atoms with van der Waals surface area (Å²) in [4.78, 5) is 31.8. The number of aldehydes is 1. The summed E-state index contributed by atoms with van der Waals surface area (Å²) in [7, 11) is 1.87. The molecule has 0 unspecified atom stereocenters. The van der Waals surface area contributed by atoms with Crippen molar-refractivity contribution in [2.75, 3.05) is 13.6 Å². The number of nitrogens with one attached hydrogen (secondary N) is 2. The van der Waals surface area contributed by atoms with Gasteiger partial charge in [-0.15, -0.1) is 0 Å². The van der Waals surface area contributed by atoms with Crippen molar-refractivity contribution in [2.24, 2.45) is 11.1 Å². The lowest BCUT2D eigenvalue weighted by atomic mass is 9.73. The van der Waals surface area contributed by atoms with Crippen LogP contribution in [0.4, 0.5) is 0 Å². The minimum absolute atomic E-state index is 0.0206. The Bertz CT molecular complexity index is 337. The summed E-state index contributed by atoms with van der Waals surface area (Å²) in [6, 6.07) is 0.257. The van der Waals surface area contributed by atoms with Gasteiger partial charge < -0.3 is 21.2 Å². The molecule has 0 bridgehead atoms. The fraction of sp³-hybridized carbons (Fsp3) is 0.800. The highest BCUT2D eigenvalue weighted by molar-refractivity contribution is 5.73. The quantitative estimate of drug-likeness (QED) is 0.630. The van der Waals surface area contributed by atoms with Gasteiger partial charge in [0.2, 0.25) is 11.8 Å². The van der Waals surface area contributed by atoms with E-state index in [2.05, 4.69) is 10.6 Å². The highest BCUT2D eigenvalue weighted by atomic mass is 16.1. The van der Waals surface area contributed by atoms with Gasteiger partial charge in [0, 0.05) is 31.3 Å². The first-order valence-electron chi connectivity index (χ1n) is 7.55. The van der Waals surface area contributed by atoms with E-state index in [-0.39, 0.29) is 23.3 Å². The van der Waals surface area contributed by atoms with Gasteiger partial charge in [-0.2, -0.15) is 0 Å². The molecular weight excluding hydrogens is 270 g/mol. The average molecular weight is 299 g/mol. The molecular formula is C15H29N3O3. The van der Waals surface area contributed by atoms with Crippen LogP contribution in [0.5, 0.6) is 0 Å². The maximum atomic E-state index is 11.1. The van der Waals surface area contributed by atoms with Crippen molar-refractivity contribution in [3.63, 3.8) is 0 Å². The lowest BCUT2D eigenvalue weighted by Crippen LogP contribution is -2.43. The van der Waals surface area contributed by atoms with Crippen molar-refractivity contribution < 1.29 is 14.4 Å². The third-order valence-corrected chi connectivity index (χ3v) is 3.66. The van der Waals surface area contributed by atoms with Gasteiger partial charge >= 0.3 is 0 Å². The smallest absolute Gasteiger partial charge is 0.217 e. The summed E-state index contributed by atoms with van der Waals surface area (Å²) < 4.78 is 0. The van der Waals surface area contributed by atoms with Crippen LogP contribution in [0.1, 0.15) is 52.4 Å². The predicted molar refractivity (Wildman–Crippen MR) is 82.6 cm³/mol. The number of carbonyl (C=O) groups is 3. The summed E-state index contributed by atoms with van der Waals surface area (Å²) in [5.41, 5.74) is 4.56. The third kappa shape index (κ3) is 8.45. The predicted octanol–water partition coefficient (Wildman–Crippen LogP) is 0.742. The van der Waals surface area contributed by atoms with Gasteiger partial charge in [-0.3, -0.25) is 9.59 Å². The molecule has 122 valence electrons. The van der Waals surface area contributed by atoms with Crippen molar-refractivity contribution in [3.05, 3.63) is 0 Å². The molecule has 0 aromatic rings. The second kappa shape index (κ2) is 10.3. The lowest BCUT2D eigenvalue weighted by molar-refractivity contribution is -0.121. The van der Waals surface area contributed by atoms with Crippen LogP contribution < -0.4 is 16.4 Å². The number of amides is 2. The second-order valence-corrected chi connectivity index (χ2v) is 5.70. The van der Waals surface area contributed by atoms with E-state index in [9.17, 15) is 14.4 Å². The normalized spacial score (nSPS) is 24.4. The van der Waals surface area contributed by atoms with E-state index in [1.807, 2.05) is 14.0 Å². The molecule has 1 aliphatic carbocycles. The molecule has 0 aliphatic heterocycles. The minimum Gasteiger partial charge on any atom is -0.370 e. The number of hydrogen-bond donors (Lipinski definition) is 3. The van der Waals surface area contributed by atoms with E-state index < -0.39 is 0 Å². The number of nitrogens with two attached hydrogens (primary N) is 1. The molecule has 0 saturated heterocycles. The van der Waals surface area contributed by atoms with Gasteiger partial charge in [-0.25, -0.2) is 0 Å². The molecule has 0 aromatic heterocycles. The number of hydrogen-bond acceptors (Lipinski definition) is 4. The first kappa shape index (κ1) is 19.6. The summed E-state index contributed by atoms with van der Waals surface area (Å²) in [6.07, 6.45) is 5.98. The molecule has 4 N–H and O–H groups in total. The fourth-order valence-electron chi connectivity index (χ4n) is 2.56. The molecule has 0 aromatic carbocycles. The largest absolute Gasteiger partial charge is 0.370 e. The molecule has 1 rings (SSSR count). The molecule has 21 heavy (non-hydrogen) atoms. The SMILES string of the molecule is CCCC(N)=O.CNCC1(C=O)CCC(NC(C)=O)CC1. The van der Waals surface area contributed by atoms with Crippen molar-refractivity contribution in [2.45, 2.75) is 58.4 Å². The Morgan fingerprint density at radius 1 is 1.33 bits per heavy atom. The summed E-state index contributed by atoms with van der Waals surface area (Å²) in [6.45, 7) is 4.20. The maximum Gasteiger partial charge on any atom is 0.217 e. The zero-order chi connectivity index (χ0) is 16.3. The topological polar surface area (TPSA) is 101 Å². The molecule has 0 radical (unpaired) electrons. The molecule has 1 saturated carbocycles. The van der Waals surface area contributed by atoms with Crippen LogP contribution in [0, 0.1) is 5.41 Å². The lowest BCUT2D eigenvalue weighted by Gasteiger charge is -2.36. The minimum atomic E-state index is -0.211. The van der Waals surface area contributed by atoms with Gasteiger partial charge in [-0.1, -0.05) is 6.92 Å². The Labute approximate surface area is 127 Å². The van der Waals surface area contributed by atoms with Crippen LogP contribution in [0.2, 0.25) is 0 Å². The molecule has 0 heterocycles. The molecule has 1 aliphatic rings. The number of carbonyl (C=O) groups excluding carboxylic acids is 3. The van der Waals surface area contributed by atoms with E-state index in [0.717, 1.165) is 44.9 Å². The highest BCUT2D eigenvalue weighted by Gasteiger charge is 2.34. The number of rotatable bonds is 6. The molecule has 6 nitrogen and oxygen atoms in total. The van der Waals surface area contributed by atoms with Gasteiger partial charge in [0.05, 0.1) is 0 Å². The van der Waals surface area contributed by atoms with Gasteiger partial charge in [-0.05, 0) is 39.2 Å². The van der Waals surface area contributed by atoms with E-state index in [1.54, 1.807) is 0 Å². The second-order valence-electron chi connectivity index (χ2n) is 5.70. The zero-order valence-electron chi connectivity index (χ0n) is 13.4. The van der Waals surface area contributed by atoms with Crippen molar-refractivity contribution in [1.82, 2.24) is 10.6 Å². The summed E-state index contributed by atoms with van der Waals surface area (Å²) in [5, 5.41) is 5.98. The zero-order valence-corrected chi connectivity index (χ0v) is 13.4. The van der Waals surface area contributed by atoms with Gasteiger partial charge in [0.15, 0.2) is 0 Å². The van der Waals surface area contributed by atoms with Crippen LogP contribution in [-0.2, 0) is 14.4 Å². The summed E-state index contributed by atoms with van der Waals surface area (Å²) >= 11 is 0. The standard InChI is InChI=1S/C11H20N2O2.C4H9NO/c1-9(15)13-10-3-5-11(8-14,6-4-10)7-12-2;1-2-3-4(5)6/h8,10,12H,3-7H2,1-2H3,(H,13,15);2-3H2,1H3,(H2,5,6). The Morgan fingerprint density at radius 2 is 1.90 bits per heavy atom. The van der Waals surface area contributed by atoms with Crippen LogP contribution in [0.25, 0.3) is 0 Å². The van der Waals surface area contributed by atoms with Crippen molar-refractivity contribution in [1.29, 1.82) is 0 Å². The van der Waals surface area contributed by atoms with Crippen molar-refractivity contribution in [3.8, 4) is 0 Å². The monoisotopic (exact) mass is 299 g/mol. The Morgan fingerprint density at radius 3 is 2.19 bits per heavy atom. The highest BCUT2D eigenvalue weighted by Crippen LogP contribution is 2.33. The Hall–Kier alpha value is -1.43. The Kier molecular flexibility index (Phi) is 9.62. The average Bonchev–Trinajstić information content (AvgIpc) is 2.41. The number of primary amides is 1.